The third-order valence-corrected chi connectivity index (χ3v) is 7.45. The molecule has 0 aromatic heterocycles. The van der Waals surface area contributed by atoms with Crippen molar-refractivity contribution in [2.45, 2.75) is 50.5 Å². The number of esters is 1. The molecule has 0 bridgehead atoms. The summed E-state index contributed by atoms with van der Waals surface area (Å²) in [5.41, 5.74) is 0.932. The summed E-state index contributed by atoms with van der Waals surface area (Å²) in [6.45, 7) is 9.87. The van der Waals surface area contributed by atoms with Crippen molar-refractivity contribution in [2.75, 3.05) is 0 Å². The van der Waals surface area contributed by atoms with Gasteiger partial charge < -0.3 is 0 Å². The van der Waals surface area contributed by atoms with Gasteiger partial charge in [-0.2, -0.15) is 0 Å². The Morgan fingerprint density at radius 1 is 1.33 bits per heavy atom. The van der Waals surface area contributed by atoms with E-state index in [9.17, 15) is 4.79 Å². The van der Waals surface area contributed by atoms with E-state index in [1.54, 1.807) is 0 Å². The quantitative estimate of drug-likeness (QED) is 0.471. The first-order chi connectivity index (χ1) is 9.90. The molecule has 1 aliphatic carbocycles. The molecular formula is C18H24O2Se. The van der Waals surface area contributed by atoms with Crippen LogP contribution in [0, 0.1) is 5.92 Å². The van der Waals surface area contributed by atoms with Crippen LogP contribution >= 0.6 is 0 Å². The second kappa shape index (κ2) is 6.81. The summed E-state index contributed by atoms with van der Waals surface area (Å²) >= 11 is 0.305. The van der Waals surface area contributed by atoms with Crippen LogP contribution in [-0.2, 0) is 9.53 Å². The van der Waals surface area contributed by atoms with Gasteiger partial charge in [0.25, 0.3) is 0 Å². The van der Waals surface area contributed by atoms with Gasteiger partial charge in [-0.3, -0.25) is 0 Å². The predicted octanol–water partition coefficient (Wildman–Crippen LogP) is 3.50. The summed E-state index contributed by atoms with van der Waals surface area (Å²) in [5, 5.41) is 0. The van der Waals surface area contributed by atoms with Gasteiger partial charge in [-0.1, -0.05) is 0 Å². The maximum absolute atomic E-state index is 11.5. The first kappa shape index (κ1) is 16.3. The van der Waals surface area contributed by atoms with E-state index in [0.29, 0.717) is 25.7 Å². The summed E-state index contributed by atoms with van der Waals surface area (Å²) in [7, 11) is 0. The zero-order valence-electron chi connectivity index (χ0n) is 13.1. The Hall–Kier alpha value is -1.05. The van der Waals surface area contributed by atoms with Crippen LogP contribution in [0.15, 0.2) is 42.5 Å². The summed E-state index contributed by atoms with van der Waals surface area (Å²) in [6.07, 6.45) is 3.08. The molecule has 0 N–H and O–H groups in total. The molecule has 21 heavy (non-hydrogen) atoms. The van der Waals surface area contributed by atoms with Crippen LogP contribution in [0.2, 0.25) is 4.82 Å². The Bertz CT molecular complexity index is 511. The monoisotopic (exact) mass is 352 g/mol. The molecule has 1 aromatic carbocycles. The molecule has 0 amide bonds. The number of carbonyl (C=O) groups excluding carboxylic acids is 1. The number of carbonyl (C=O) groups is 1. The average molecular weight is 351 g/mol. The fraction of sp³-hybridized carbons (Fsp3) is 0.500. The number of rotatable bonds is 4. The maximum atomic E-state index is 11.5. The van der Waals surface area contributed by atoms with E-state index in [0.717, 1.165) is 19.3 Å². The average Bonchev–Trinajstić information content (AvgIpc) is 2.41. The fourth-order valence-electron chi connectivity index (χ4n) is 2.98. The van der Waals surface area contributed by atoms with Crippen LogP contribution in [-0.4, -0.2) is 26.5 Å². The number of benzene rings is 1. The molecule has 1 fully saturated rings. The Morgan fingerprint density at radius 2 is 2.00 bits per heavy atom. The Labute approximate surface area is 134 Å². The van der Waals surface area contributed by atoms with Crippen molar-refractivity contribution in [1.82, 2.24) is 0 Å². The van der Waals surface area contributed by atoms with E-state index in [1.807, 2.05) is 6.07 Å². The van der Waals surface area contributed by atoms with Gasteiger partial charge >= 0.3 is 134 Å². The van der Waals surface area contributed by atoms with Gasteiger partial charge in [0.05, 0.1) is 0 Å². The summed E-state index contributed by atoms with van der Waals surface area (Å²) in [5.74, 6) is 0.393. The zero-order valence-corrected chi connectivity index (χ0v) is 14.8. The van der Waals surface area contributed by atoms with Gasteiger partial charge in [0.15, 0.2) is 0 Å². The van der Waals surface area contributed by atoms with Crippen molar-refractivity contribution in [3.63, 3.8) is 0 Å². The van der Waals surface area contributed by atoms with Gasteiger partial charge in [-0.25, -0.2) is 0 Å². The van der Waals surface area contributed by atoms with E-state index in [-0.39, 0.29) is 11.6 Å². The molecule has 2 rings (SSSR count). The van der Waals surface area contributed by atoms with Crippen LogP contribution in [0.3, 0.4) is 0 Å². The van der Waals surface area contributed by atoms with Gasteiger partial charge in [0, 0.05) is 0 Å². The van der Waals surface area contributed by atoms with Gasteiger partial charge in [-0.05, 0) is 0 Å². The predicted molar refractivity (Wildman–Crippen MR) is 87.9 cm³/mol. The molecule has 0 saturated heterocycles. The normalized spacial score (nSPS) is 28.9. The van der Waals surface area contributed by atoms with Crippen LogP contribution in [0.25, 0.3) is 0 Å². The van der Waals surface area contributed by atoms with E-state index in [4.69, 9.17) is 4.74 Å². The zero-order chi connectivity index (χ0) is 15.5. The number of hydrogen-bond acceptors (Lipinski definition) is 2. The first-order valence-electron chi connectivity index (χ1n) is 7.47. The standard InChI is InChI=1S/C18H24O2Se/c1-13(2)15-10-11-18(4,20-14(3)19)17(12-15)21-16-8-6-5-7-9-16/h5-9,15,17H,1,10-12H2,2-4H3/t15-,17-,18-/m1/s1. The topological polar surface area (TPSA) is 26.3 Å². The number of allylic oxidation sites excluding steroid dienone is 1. The molecule has 0 unspecified atom stereocenters. The molecule has 0 spiro atoms. The molecular weight excluding hydrogens is 327 g/mol. The van der Waals surface area contributed by atoms with Crippen molar-refractivity contribution in [3.05, 3.63) is 42.5 Å². The number of hydrogen-bond donors (Lipinski definition) is 0. The van der Waals surface area contributed by atoms with Crippen LogP contribution in [0.5, 0.6) is 0 Å². The van der Waals surface area contributed by atoms with Crippen LogP contribution in [0.1, 0.15) is 40.0 Å². The molecule has 3 heteroatoms. The van der Waals surface area contributed by atoms with Crippen molar-refractivity contribution in [3.8, 4) is 0 Å². The van der Waals surface area contributed by atoms with Gasteiger partial charge in [0.2, 0.25) is 0 Å². The fourth-order valence-corrected chi connectivity index (χ4v) is 5.89. The molecule has 1 aromatic rings. The Kier molecular flexibility index (Phi) is 5.29. The summed E-state index contributed by atoms with van der Waals surface area (Å²) < 4.78 is 7.11. The molecule has 3 atom stereocenters. The third kappa shape index (κ3) is 4.21. The van der Waals surface area contributed by atoms with E-state index in [1.165, 1.54) is 17.0 Å². The van der Waals surface area contributed by atoms with Crippen molar-refractivity contribution in [1.29, 1.82) is 0 Å². The molecule has 1 aliphatic rings. The second-order valence-electron chi connectivity index (χ2n) is 6.14. The molecule has 0 aliphatic heterocycles. The summed E-state index contributed by atoms with van der Waals surface area (Å²) in [6, 6.07) is 10.6. The third-order valence-electron chi connectivity index (χ3n) is 4.26. The van der Waals surface area contributed by atoms with Crippen molar-refractivity contribution < 1.29 is 9.53 Å². The minimum absolute atomic E-state index is 0.167. The molecule has 0 radical (unpaired) electrons. The number of ether oxygens (including phenoxy) is 1. The van der Waals surface area contributed by atoms with Crippen molar-refractivity contribution >= 4 is 25.4 Å². The Morgan fingerprint density at radius 3 is 2.57 bits per heavy atom. The molecule has 114 valence electrons. The molecule has 0 heterocycles. The van der Waals surface area contributed by atoms with Crippen LogP contribution < -0.4 is 4.46 Å². The van der Waals surface area contributed by atoms with Gasteiger partial charge in [-0.15, -0.1) is 0 Å². The Balaban J connectivity index is 2.19. The van der Waals surface area contributed by atoms with Crippen LogP contribution in [0.4, 0.5) is 0 Å². The second-order valence-corrected chi connectivity index (χ2v) is 8.82. The van der Waals surface area contributed by atoms with Gasteiger partial charge in [0.1, 0.15) is 0 Å². The SMILES string of the molecule is C=C(C)[C@@H]1CC[C@@](C)(OC(C)=O)[C@H]([Se]c2ccccc2)C1. The first-order valence-corrected chi connectivity index (χ1v) is 9.32. The van der Waals surface area contributed by atoms with Crippen molar-refractivity contribution in [2.24, 2.45) is 5.92 Å². The van der Waals surface area contributed by atoms with E-state index >= 15 is 0 Å². The van der Waals surface area contributed by atoms with E-state index in [2.05, 4.69) is 44.7 Å². The minimum atomic E-state index is -0.326. The summed E-state index contributed by atoms with van der Waals surface area (Å²) in [4.78, 5) is 11.9. The van der Waals surface area contributed by atoms with E-state index < -0.39 is 0 Å². The molecule has 1 saturated carbocycles. The molecule has 2 nitrogen and oxygen atoms in total.